The number of fused-ring (bicyclic) bond motifs is 1. The molecule has 0 saturated heterocycles. The highest BCUT2D eigenvalue weighted by Crippen LogP contribution is 2.60. The van der Waals surface area contributed by atoms with E-state index in [-0.39, 0.29) is 0 Å². The Labute approximate surface area is 96.2 Å². The summed E-state index contributed by atoms with van der Waals surface area (Å²) in [6.07, 6.45) is 5.59. The molecule has 4 nitrogen and oxygen atoms in total. The van der Waals surface area contributed by atoms with Crippen molar-refractivity contribution >= 4 is 0 Å². The number of nitrogens with two attached hydrogens (primary N) is 1. The van der Waals surface area contributed by atoms with Gasteiger partial charge in [0.05, 0.1) is 6.54 Å². The molecule has 0 spiro atoms. The Morgan fingerprint density at radius 1 is 1.25 bits per heavy atom. The third-order valence-electron chi connectivity index (χ3n) is 4.31. The van der Waals surface area contributed by atoms with Gasteiger partial charge in [0.2, 0.25) is 0 Å². The lowest BCUT2D eigenvalue weighted by molar-refractivity contribution is 0.480. The van der Waals surface area contributed by atoms with E-state index < -0.39 is 0 Å². The molecule has 16 heavy (non-hydrogen) atoms. The van der Waals surface area contributed by atoms with Gasteiger partial charge in [-0.15, -0.1) is 10.2 Å². The van der Waals surface area contributed by atoms with Crippen LogP contribution in [-0.2, 0) is 13.1 Å². The summed E-state index contributed by atoms with van der Waals surface area (Å²) in [5, 5.41) is 8.59. The molecule has 1 aromatic heterocycles. The SMILES string of the molecule is CCn1c(CN)nnc1C1C2CCCCC21. The van der Waals surface area contributed by atoms with Gasteiger partial charge in [0.25, 0.3) is 0 Å². The molecule has 2 aliphatic rings. The first-order chi connectivity index (χ1) is 7.86. The molecule has 2 saturated carbocycles. The van der Waals surface area contributed by atoms with Crippen molar-refractivity contribution in [1.29, 1.82) is 0 Å². The summed E-state index contributed by atoms with van der Waals surface area (Å²) in [7, 11) is 0. The molecular weight excluding hydrogens is 200 g/mol. The molecule has 4 heteroatoms. The fourth-order valence-electron chi connectivity index (χ4n) is 3.47. The van der Waals surface area contributed by atoms with Crippen molar-refractivity contribution in [3.05, 3.63) is 11.6 Å². The minimum atomic E-state index is 0.503. The first kappa shape index (κ1) is 10.3. The lowest BCUT2D eigenvalue weighted by Gasteiger charge is -2.05. The largest absolute Gasteiger partial charge is 0.324 e. The van der Waals surface area contributed by atoms with E-state index in [2.05, 4.69) is 21.7 Å². The number of rotatable bonds is 3. The van der Waals surface area contributed by atoms with Gasteiger partial charge in [-0.05, 0) is 31.6 Å². The highest BCUT2D eigenvalue weighted by atomic mass is 15.3. The highest BCUT2D eigenvalue weighted by Gasteiger charge is 2.53. The average Bonchev–Trinajstić information content (AvgIpc) is 2.91. The topological polar surface area (TPSA) is 56.7 Å². The van der Waals surface area contributed by atoms with Gasteiger partial charge in [0.15, 0.2) is 0 Å². The fraction of sp³-hybridized carbons (Fsp3) is 0.833. The van der Waals surface area contributed by atoms with Crippen molar-refractivity contribution in [2.24, 2.45) is 17.6 Å². The standard InChI is InChI=1S/C12H20N4/c1-2-16-10(7-13)14-15-12(16)11-8-5-3-4-6-9(8)11/h8-9,11H,2-7,13H2,1H3. The van der Waals surface area contributed by atoms with Crippen LogP contribution in [0.5, 0.6) is 0 Å². The zero-order valence-electron chi connectivity index (χ0n) is 9.89. The van der Waals surface area contributed by atoms with Gasteiger partial charge in [-0.3, -0.25) is 0 Å². The second kappa shape index (κ2) is 3.84. The van der Waals surface area contributed by atoms with E-state index in [4.69, 9.17) is 5.73 Å². The molecule has 0 radical (unpaired) electrons. The monoisotopic (exact) mass is 220 g/mol. The minimum Gasteiger partial charge on any atom is -0.324 e. The Bertz CT molecular complexity index is 372. The van der Waals surface area contributed by atoms with E-state index >= 15 is 0 Å². The first-order valence-corrected chi connectivity index (χ1v) is 6.48. The number of hydrogen-bond acceptors (Lipinski definition) is 3. The molecule has 1 heterocycles. The van der Waals surface area contributed by atoms with Gasteiger partial charge in [0, 0.05) is 12.5 Å². The van der Waals surface area contributed by atoms with E-state index in [9.17, 15) is 0 Å². The molecule has 88 valence electrons. The van der Waals surface area contributed by atoms with Crippen LogP contribution in [0.3, 0.4) is 0 Å². The van der Waals surface area contributed by atoms with E-state index in [1.807, 2.05) is 0 Å². The van der Waals surface area contributed by atoms with E-state index in [0.717, 1.165) is 24.2 Å². The fourth-order valence-corrected chi connectivity index (χ4v) is 3.47. The third kappa shape index (κ3) is 1.39. The lowest BCUT2D eigenvalue weighted by atomic mass is 10.0. The Kier molecular flexibility index (Phi) is 2.46. The molecule has 3 rings (SSSR count). The van der Waals surface area contributed by atoms with Crippen molar-refractivity contribution in [3.63, 3.8) is 0 Å². The zero-order valence-corrected chi connectivity index (χ0v) is 9.89. The van der Waals surface area contributed by atoms with Crippen LogP contribution in [0.2, 0.25) is 0 Å². The van der Waals surface area contributed by atoms with Crippen LogP contribution in [-0.4, -0.2) is 14.8 Å². The molecule has 2 fully saturated rings. The van der Waals surface area contributed by atoms with Gasteiger partial charge < -0.3 is 10.3 Å². The molecular formula is C12H20N4. The molecule has 0 aliphatic heterocycles. The predicted molar refractivity (Wildman–Crippen MR) is 61.8 cm³/mol. The van der Waals surface area contributed by atoms with Crippen LogP contribution < -0.4 is 5.73 Å². The summed E-state index contributed by atoms with van der Waals surface area (Å²) < 4.78 is 2.23. The maximum absolute atomic E-state index is 5.68. The second-order valence-electron chi connectivity index (χ2n) is 5.06. The molecule has 0 amide bonds. The molecule has 2 N–H and O–H groups in total. The Balaban J connectivity index is 1.87. The highest BCUT2D eigenvalue weighted by molar-refractivity contribution is 5.18. The first-order valence-electron chi connectivity index (χ1n) is 6.48. The van der Waals surface area contributed by atoms with Crippen LogP contribution >= 0.6 is 0 Å². The van der Waals surface area contributed by atoms with Gasteiger partial charge in [-0.1, -0.05) is 12.8 Å². The molecule has 2 atom stereocenters. The smallest absolute Gasteiger partial charge is 0.146 e. The Hall–Kier alpha value is -0.900. The van der Waals surface area contributed by atoms with Gasteiger partial charge in [-0.25, -0.2) is 0 Å². The van der Waals surface area contributed by atoms with Gasteiger partial charge in [0.1, 0.15) is 11.6 Å². The lowest BCUT2D eigenvalue weighted by Crippen LogP contribution is -2.09. The molecule has 0 bridgehead atoms. The van der Waals surface area contributed by atoms with E-state index in [1.54, 1.807) is 0 Å². The maximum atomic E-state index is 5.68. The van der Waals surface area contributed by atoms with Crippen molar-refractivity contribution < 1.29 is 0 Å². The number of aromatic nitrogens is 3. The Morgan fingerprint density at radius 3 is 2.50 bits per heavy atom. The van der Waals surface area contributed by atoms with Crippen molar-refractivity contribution in [2.75, 3.05) is 0 Å². The zero-order chi connectivity index (χ0) is 11.1. The van der Waals surface area contributed by atoms with E-state index in [1.165, 1.54) is 31.5 Å². The summed E-state index contributed by atoms with van der Waals surface area (Å²) >= 11 is 0. The quantitative estimate of drug-likeness (QED) is 0.842. The molecule has 2 unspecified atom stereocenters. The molecule has 1 aromatic rings. The molecule has 0 aromatic carbocycles. The number of hydrogen-bond donors (Lipinski definition) is 1. The maximum Gasteiger partial charge on any atom is 0.146 e. The summed E-state index contributed by atoms with van der Waals surface area (Å²) in [5.74, 6) is 4.64. The second-order valence-corrected chi connectivity index (χ2v) is 5.06. The normalized spacial score (nSPS) is 32.5. The summed E-state index contributed by atoms with van der Waals surface area (Å²) in [6.45, 7) is 3.60. The van der Waals surface area contributed by atoms with Crippen LogP contribution in [0.1, 0.15) is 50.2 Å². The van der Waals surface area contributed by atoms with Gasteiger partial charge >= 0.3 is 0 Å². The van der Waals surface area contributed by atoms with Crippen LogP contribution in [0.25, 0.3) is 0 Å². The summed E-state index contributed by atoms with van der Waals surface area (Å²) in [5.41, 5.74) is 5.68. The molecule has 2 aliphatic carbocycles. The summed E-state index contributed by atoms with van der Waals surface area (Å²) in [4.78, 5) is 0. The third-order valence-corrected chi connectivity index (χ3v) is 4.31. The summed E-state index contributed by atoms with van der Waals surface area (Å²) in [6, 6.07) is 0. The van der Waals surface area contributed by atoms with Crippen LogP contribution in [0, 0.1) is 11.8 Å². The predicted octanol–water partition coefficient (Wildman–Crippen LogP) is 1.66. The van der Waals surface area contributed by atoms with Crippen molar-refractivity contribution in [3.8, 4) is 0 Å². The Morgan fingerprint density at radius 2 is 1.94 bits per heavy atom. The van der Waals surface area contributed by atoms with Crippen molar-refractivity contribution in [2.45, 2.75) is 51.6 Å². The van der Waals surface area contributed by atoms with Crippen LogP contribution in [0.15, 0.2) is 0 Å². The van der Waals surface area contributed by atoms with E-state index in [0.29, 0.717) is 12.5 Å². The number of nitrogens with zero attached hydrogens (tertiary/aromatic N) is 3. The minimum absolute atomic E-state index is 0.503. The van der Waals surface area contributed by atoms with Crippen molar-refractivity contribution in [1.82, 2.24) is 14.8 Å². The average molecular weight is 220 g/mol. The van der Waals surface area contributed by atoms with Gasteiger partial charge in [-0.2, -0.15) is 0 Å². The van der Waals surface area contributed by atoms with Crippen LogP contribution in [0.4, 0.5) is 0 Å².